The number of aliphatic hydroxyl groups excluding tert-OH is 1. The summed E-state index contributed by atoms with van der Waals surface area (Å²) in [5, 5.41) is 23.4. The summed E-state index contributed by atoms with van der Waals surface area (Å²) in [6, 6.07) is 0. The van der Waals surface area contributed by atoms with Crippen molar-refractivity contribution < 1.29 is 57.9 Å². The van der Waals surface area contributed by atoms with Gasteiger partial charge in [-0.1, -0.05) is 0 Å². The molecule has 8 atom stereocenters. The van der Waals surface area contributed by atoms with Gasteiger partial charge >= 0.3 is 23.9 Å². The van der Waals surface area contributed by atoms with Gasteiger partial charge in [0.05, 0.1) is 23.2 Å². The van der Waals surface area contributed by atoms with E-state index in [0.29, 0.717) is 0 Å². The highest BCUT2D eigenvalue weighted by Crippen LogP contribution is 2.67. The molecule has 12 nitrogen and oxygen atoms in total. The molecule has 0 aromatic carbocycles. The molecular formula is C23H32O12. The zero-order chi connectivity index (χ0) is 26.7. The highest BCUT2D eigenvalue weighted by molar-refractivity contribution is 5.92. The fourth-order valence-electron chi connectivity index (χ4n) is 6.40. The Morgan fingerprint density at radius 1 is 0.943 bits per heavy atom. The van der Waals surface area contributed by atoms with Crippen LogP contribution >= 0.6 is 0 Å². The molecule has 35 heavy (non-hydrogen) atoms. The van der Waals surface area contributed by atoms with Gasteiger partial charge in [-0.3, -0.25) is 24.0 Å². The number of aliphatic hydroxyl groups is 2. The molecule has 2 saturated carbocycles. The van der Waals surface area contributed by atoms with E-state index in [0.717, 1.165) is 27.7 Å². The predicted octanol–water partition coefficient (Wildman–Crippen LogP) is -0.407. The van der Waals surface area contributed by atoms with Crippen LogP contribution in [0.25, 0.3) is 0 Å². The quantitative estimate of drug-likeness (QED) is 0.370. The van der Waals surface area contributed by atoms with Gasteiger partial charge in [-0.05, 0) is 20.8 Å². The SMILES string of the molecule is CC(=O)OC[C@]12[C@H](OC(C)=O)C(=O)[C@@H]3[C@H](O)[C@]1(OC3(C)C)[C@@](C)(O)C[C@H](OC(C)=O)[C@@H]2OC(C)=O. The number of hydrogen-bond donors (Lipinski definition) is 2. The van der Waals surface area contributed by atoms with Crippen LogP contribution in [0.15, 0.2) is 0 Å². The number of ether oxygens (including phenoxy) is 5. The van der Waals surface area contributed by atoms with Crippen LogP contribution in [-0.4, -0.2) is 87.7 Å². The van der Waals surface area contributed by atoms with E-state index >= 15 is 0 Å². The van der Waals surface area contributed by atoms with Crippen LogP contribution in [0.2, 0.25) is 0 Å². The minimum Gasteiger partial charge on any atom is -0.465 e. The summed E-state index contributed by atoms with van der Waals surface area (Å²) in [6.45, 7) is 7.86. The molecule has 1 spiro atoms. The topological polar surface area (TPSA) is 172 Å². The molecule has 1 aliphatic heterocycles. The second kappa shape index (κ2) is 8.52. The van der Waals surface area contributed by atoms with Crippen molar-refractivity contribution >= 4 is 29.7 Å². The average molecular weight is 500 g/mol. The normalized spacial score (nSPS) is 41.4. The Morgan fingerprint density at radius 2 is 1.49 bits per heavy atom. The molecule has 1 heterocycles. The van der Waals surface area contributed by atoms with Gasteiger partial charge in [-0.15, -0.1) is 0 Å². The number of Topliss-reactive ketones (excluding diaryl/α,β-unsaturated/α-hetero) is 1. The number of esters is 4. The van der Waals surface area contributed by atoms with Crippen LogP contribution in [0.4, 0.5) is 0 Å². The minimum atomic E-state index is -2.20. The second-order valence-electron chi connectivity index (χ2n) is 10.2. The third-order valence-electron chi connectivity index (χ3n) is 7.28. The Hall–Kier alpha value is -2.57. The molecule has 2 bridgehead atoms. The lowest BCUT2D eigenvalue weighted by Crippen LogP contribution is -2.84. The van der Waals surface area contributed by atoms with E-state index in [-0.39, 0.29) is 6.42 Å². The van der Waals surface area contributed by atoms with E-state index in [1.165, 1.54) is 20.8 Å². The molecule has 0 radical (unpaired) electrons. The maximum atomic E-state index is 13.8. The van der Waals surface area contributed by atoms with Crippen molar-refractivity contribution in [3.8, 4) is 0 Å². The first-order chi connectivity index (χ1) is 15.9. The van der Waals surface area contributed by atoms with E-state index in [4.69, 9.17) is 23.7 Å². The van der Waals surface area contributed by atoms with E-state index in [1.54, 1.807) is 0 Å². The van der Waals surface area contributed by atoms with Crippen molar-refractivity contribution in [3.63, 3.8) is 0 Å². The maximum absolute atomic E-state index is 13.8. The summed E-state index contributed by atoms with van der Waals surface area (Å²) < 4.78 is 28.1. The molecule has 0 unspecified atom stereocenters. The number of hydrogen-bond acceptors (Lipinski definition) is 12. The van der Waals surface area contributed by atoms with Gasteiger partial charge in [0.2, 0.25) is 0 Å². The zero-order valence-corrected chi connectivity index (χ0v) is 20.8. The average Bonchev–Trinajstić information content (AvgIpc) is 2.86. The molecule has 1 saturated heterocycles. The van der Waals surface area contributed by atoms with E-state index in [9.17, 15) is 34.2 Å². The van der Waals surface area contributed by atoms with Crippen molar-refractivity contribution in [2.24, 2.45) is 11.3 Å². The smallest absolute Gasteiger partial charge is 0.303 e. The third kappa shape index (κ3) is 3.82. The number of fused-ring (bicyclic) bond motifs is 1. The maximum Gasteiger partial charge on any atom is 0.303 e. The van der Waals surface area contributed by atoms with Crippen LogP contribution in [0.3, 0.4) is 0 Å². The zero-order valence-electron chi connectivity index (χ0n) is 20.8. The minimum absolute atomic E-state index is 0.382. The largest absolute Gasteiger partial charge is 0.465 e. The van der Waals surface area contributed by atoms with Crippen LogP contribution in [0.5, 0.6) is 0 Å². The Bertz CT molecular complexity index is 954. The number of ketones is 1. The van der Waals surface area contributed by atoms with Crippen LogP contribution < -0.4 is 0 Å². The predicted molar refractivity (Wildman–Crippen MR) is 113 cm³/mol. The van der Waals surface area contributed by atoms with Gasteiger partial charge in [0, 0.05) is 34.1 Å². The highest BCUT2D eigenvalue weighted by Gasteiger charge is 2.87. The second-order valence-corrected chi connectivity index (χ2v) is 10.2. The number of carbonyl (C=O) groups excluding carboxylic acids is 5. The van der Waals surface area contributed by atoms with Gasteiger partial charge in [-0.25, -0.2) is 0 Å². The Balaban J connectivity index is 2.45. The molecule has 12 heteroatoms. The Labute approximate surface area is 202 Å². The fraction of sp³-hybridized carbons (Fsp3) is 0.783. The molecule has 0 aromatic heterocycles. The molecule has 2 N–H and O–H groups in total. The van der Waals surface area contributed by atoms with Crippen molar-refractivity contribution in [2.45, 2.75) is 96.1 Å². The van der Waals surface area contributed by atoms with Crippen molar-refractivity contribution in [3.05, 3.63) is 0 Å². The van der Waals surface area contributed by atoms with Gasteiger partial charge in [0.15, 0.2) is 18.0 Å². The molecule has 2 aliphatic carbocycles. The lowest BCUT2D eigenvalue weighted by Gasteiger charge is -2.64. The van der Waals surface area contributed by atoms with Crippen molar-refractivity contribution in [1.82, 2.24) is 0 Å². The number of rotatable bonds is 5. The van der Waals surface area contributed by atoms with Crippen LogP contribution in [0, 0.1) is 11.3 Å². The first kappa shape index (κ1) is 27.0. The van der Waals surface area contributed by atoms with E-state index < -0.39 is 88.8 Å². The highest BCUT2D eigenvalue weighted by atomic mass is 16.6. The Kier molecular flexibility index (Phi) is 6.58. The molecule has 3 rings (SSSR count). The summed E-state index contributed by atoms with van der Waals surface area (Å²) in [6.07, 6.45) is -6.88. The van der Waals surface area contributed by atoms with Crippen LogP contribution in [0.1, 0.15) is 54.9 Å². The van der Waals surface area contributed by atoms with Crippen molar-refractivity contribution in [1.29, 1.82) is 0 Å². The van der Waals surface area contributed by atoms with Gasteiger partial charge in [0.1, 0.15) is 23.7 Å². The van der Waals surface area contributed by atoms with Crippen LogP contribution in [-0.2, 0) is 47.7 Å². The molecular weight excluding hydrogens is 468 g/mol. The van der Waals surface area contributed by atoms with E-state index in [1.807, 2.05) is 0 Å². The monoisotopic (exact) mass is 500 g/mol. The summed E-state index contributed by atoms with van der Waals surface area (Å²) in [7, 11) is 0. The first-order valence-electron chi connectivity index (χ1n) is 11.2. The molecule has 196 valence electrons. The molecule has 0 aromatic rings. The Morgan fingerprint density at radius 3 is 1.97 bits per heavy atom. The lowest BCUT2D eigenvalue weighted by molar-refractivity contribution is -0.351. The van der Waals surface area contributed by atoms with E-state index in [2.05, 4.69) is 0 Å². The number of carbonyl (C=O) groups is 5. The molecule has 0 amide bonds. The molecule has 3 aliphatic rings. The first-order valence-corrected chi connectivity index (χ1v) is 11.2. The third-order valence-corrected chi connectivity index (χ3v) is 7.28. The van der Waals surface area contributed by atoms with Gasteiger partial charge in [-0.2, -0.15) is 0 Å². The lowest BCUT2D eigenvalue weighted by atomic mass is 9.46. The summed E-state index contributed by atoms with van der Waals surface area (Å²) >= 11 is 0. The fourth-order valence-corrected chi connectivity index (χ4v) is 6.40. The van der Waals surface area contributed by atoms with Crippen molar-refractivity contribution in [2.75, 3.05) is 6.61 Å². The summed E-state index contributed by atoms with van der Waals surface area (Å²) in [4.78, 5) is 62.2. The summed E-state index contributed by atoms with van der Waals surface area (Å²) in [5.74, 6) is -5.41. The van der Waals surface area contributed by atoms with Gasteiger partial charge in [0.25, 0.3) is 0 Å². The summed E-state index contributed by atoms with van der Waals surface area (Å²) in [5.41, 5.74) is -7.80. The molecule has 3 fully saturated rings. The van der Waals surface area contributed by atoms with Gasteiger partial charge < -0.3 is 33.9 Å². The standard InChI is InChI=1S/C23H32O12/c1-10(24)31-9-22-18(33-12(3)26)14(32-11(2)25)8-21(7,30)23(22)17(29)15(20(5,6)35-23)16(28)19(22)34-13(4)27/h14-15,17-19,29-30H,8-9H2,1-7H3/t14-,15+,17-,18-,19+,21-,22-,23-/m0/s1.